The number of benzene rings is 1. The van der Waals surface area contributed by atoms with E-state index in [0.717, 1.165) is 18.5 Å². The van der Waals surface area contributed by atoms with Crippen LogP contribution in [0.15, 0.2) is 29.6 Å². The Balaban J connectivity index is 1.66. The molecule has 0 bridgehead atoms. The molecular formula is C19H24ClN3O3S. The van der Waals surface area contributed by atoms with Gasteiger partial charge in [0, 0.05) is 23.5 Å². The number of nitrogens with one attached hydrogen (secondary N) is 2. The lowest BCUT2D eigenvalue weighted by Crippen LogP contribution is -2.30. The van der Waals surface area contributed by atoms with Gasteiger partial charge < -0.3 is 15.4 Å². The third-order valence-electron chi connectivity index (χ3n) is 3.69. The van der Waals surface area contributed by atoms with Gasteiger partial charge in [0.15, 0.2) is 17.4 Å². The van der Waals surface area contributed by atoms with E-state index in [1.807, 2.05) is 12.1 Å². The number of nitrogens with zero attached hydrogens (tertiary/aromatic N) is 1. The van der Waals surface area contributed by atoms with E-state index in [1.165, 1.54) is 11.3 Å². The van der Waals surface area contributed by atoms with E-state index >= 15 is 0 Å². The Morgan fingerprint density at radius 3 is 2.67 bits per heavy atom. The molecule has 6 nitrogen and oxygen atoms in total. The zero-order valence-corrected chi connectivity index (χ0v) is 17.0. The molecule has 0 aliphatic carbocycles. The minimum absolute atomic E-state index is 0.209. The van der Waals surface area contributed by atoms with Gasteiger partial charge in [-0.2, -0.15) is 0 Å². The van der Waals surface area contributed by atoms with E-state index < -0.39 is 5.97 Å². The third kappa shape index (κ3) is 7.97. The van der Waals surface area contributed by atoms with Gasteiger partial charge in [-0.15, -0.1) is 11.3 Å². The number of amides is 1. The minimum atomic E-state index is -0.601. The maximum Gasteiger partial charge on any atom is 0.358 e. The molecule has 8 heteroatoms. The molecule has 2 rings (SSSR count). The Morgan fingerprint density at radius 2 is 1.96 bits per heavy atom. The van der Waals surface area contributed by atoms with Crippen molar-refractivity contribution in [1.29, 1.82) is 0 Å². The second-order valence-corrected chi connectivity index (χ2v) is 7.74. The van der Waals surface area contributed by atoms with E-state index in [1.54, 1.807) is 17.5 Å². The second kappa shape index (κ2) is 10.9. The smallest absolute Gasteiger partial charge is 0.358 e. The highest BCUT2D eigenvalue weighted by molar-refractivity contribution is 7.13. The summed E-state index contributed by atoms with van der Waals surface area (Å²) in [5.74, 6) is -0.348. The summed E-state index contributed by atoms with van der Waals surface area (Å²) >= 11 is 7.17. The lowest BCUT2D eigenvalue weighted by Gasteiger charge is -2.06. The summed E-state index contributed by atoms with van der Waals surface area (Å²) in [7, 11) is 0. The highest BCUT2D eigenvalue weighted by atomic mass is 35.5. The number of rotatable bonds is 10. The highest BCUT2D eigenvalue weighted by Crippen LogP contribution is 2.16. The fraction of sp³-hybridized carbons (Fsp3) is 0.421. The molecule has 1 heterocycles. The predicted molar refractivity (Wildman–Crippen MR) is 109 cm³/mol. The van der Waals surface area contributed by atoms with Crippen LogP contribution in [-0.4, -0.2) is 36.6 Å². The molecule has 0 atom stereocenters. The van der Waals surface area contributed by atoms with E-state index in [4.69, 9.17) is 16.3 Å². The van der Waals surface area contributed by atoms with Gasteiger partial charge in [0.05, 0.1) is 0 Å². The Bertz CT molecular complexity index is 747. The van der Waals surface area contributed by atoms with Crippen LogP contribution in [0.3, 0.4) is 0 Å². The predicted octanol–water partition coefficient (Wildman–Crippen LogP) is 3.77. The summed E-state index contributed by atoms with van der Waals surface area (Å²) in [5.41, 5.74) is 1.28. The van der Waals surface area contributed by atoms with Gasteiger partial charge in [-0.1, -0.05) is 37.6 Å². The molecule has 0 aliphatic heterocycles. The zero-order chi connectivity index (χ0) is 19.6. The molecule has 0 unspecified atom stereocenters. The standard InChI is InChI=1S/C19H24ClN3O3S/c1-13(2)7-9-22-19-23-16(12-27-19)18(25)26-11-17(24)21-10-8-14-3-5-15(20)6-4-14/h3-6,12-13H,7-11H2,1-2H3,(H,21,24)(H,22,23). The summed E-state index contributed by atoms with van der Waals surface area (Å²) in [5, 5.41) is 8.87. The first kappa shape index (κ1) is 21.2. The van der Waals surface area contributed by atoms with Crippen molar-refractivity contribution < 1.29 is 14.3 Å². The molecule has 0 spiro atoms. The van der Waals surface area contributed by atoms with Crippen molar-refractivity contribution in [2.75, 3.05) is 25.0 Å². The van der Waals surface area contributed by atoms with Gasteiger partial charge in [0.2, 0.25) is 0 Å². The van der Waals surface area contributed by atoms with E-state index in [9.17, 15) is 9.59 Å². The molecule has 2 aromatic rings. The van der Waals surface area contributed by atoms with E-state index in [0.29, 0.717) is 29.0 Å². The SMILES string of the molecule is CC(C)CCNc1nc(C(=O)OCC(=O)NCCc2ccc(Cl)cc2)cs1. The Labute approximate surface area is 168 Å². The largest absolute Gasteiger partial charge is 0.451 e. The molecule has 0 aliphatic rings. The van der Waals surface area contributed by atoms with Crippen LogP contribution in [0.4, 0.5) is 5.13 Å². The number of carbonyl (C=O) groups excluding carboxylic acids is 2. The second-order valence-electron chi connectivity index (χ2n) is 6.45. The first-order valence-corrected chi connectivity index (χ1v) is 10.1. The van der Waals surface area contributed by atoms with Crippen LogP contribution in [-0.2, 0) is 16.0 Å². The van der Waals surface area contributed by atoms with Crippen LogP contribution in [0, 0.1) is 5.92 Å². The van der Waals surface area contributed by atoms with Gasteiger partial charge in [0.25, 0.3) is 5.91 Å². The first-order chi connectivity index (χ1) is 12.9. The molecule has 0 radical (unpaired) electrons. The van der Waals surface area contributed by atoms with Crippen molar-refractivity contribution in [3.8, 4) is 0 Å². The van der Waals surface area contributed by atoms with Crippen LogP contribution in [0.1, 0.15) is 36.3 Å². The molecule has 1 amide bonds. The molecule has 0 saturated heterocycles. The molecule has 146 valence electrons. The van der Waals surface area contributed by atoms with Crippen molar-refractivity contribution in [2.45, 2.75) is 26.7 Å². The van der Waals surface area contributed by atoms with Crippen molar-refractivity contribution in [3.05, 3.63) is 45.9 Å². The van der Waals surface area contributed by atoms with E-state index in [-0.39, 0.29) is 18.2 Å². The number of esters is 1. The van der Waals surface area contributed by atoms with Crippen LogP contribution >= 0.6 is 22.9 Å². The molecule has 0 fully saturated rings. The van der Waals surface area contributed by atoms with Crippen molar-refractivity contribution >= 4 is 39.9 Å². The number of aromatic nitrogens is 1. The number of anilines is 1. The van der Waals surface area contributed by atoms with Gasteiger partial charge in [0.1, 0.15) is 0 Å². The summed E-state index contributed by atoms with van der Waals surface area (Å²) in [6, 6.07) is 7.42. The topological polar surface area (TPSA) is 80.3 Å². The lowest BCUT2D eigenvalue weighted by molar-refractivity contribution is -0.124. The summed E-state index contributed by atoms with van der Waals surface area (Å²) < 4.78 is 5.01. The van der Waals surface area contributed by atoms with Gasteiger partial charge >= 0.3 is 5.97 Å². The minimum Gasteiger partial charge on any atom is -0.451 e. The molecule has 1 aromatic carbocycles. The average Bonchev–Trinajstić information content (AvgIpc) is 3.10. The first-order valence-electron chi connectivity index (χ1n) is 8.81. The maximum atomic E-state index is 12.0. The van der Waals surface area contributed by atoms with Crippen LogP contribution in [0.2, 0.25) is 5.02 Å². The van der Waals surface area contributed by atoms with Crippen molar-refractivity contribution in [3.63, 3.8) is 0 Å². The van der Waals surface area contributed by atoms with Crippen LogP contribution < -0.4 is 10.6 Å². The number of carbonyl (C=O) groups is 2. The normalized spacial score (nSPS) is 10.7. The zero-order valence-electron chi connectivity index (χ0n) is 15.5. The molecule has 27 heavy (non-hydrogen) atoms. The van der Waals surface area contributed by atoms with Crippen LogP contribution in [0.25, 0.3) is 0 Å². The van der Waals surface area contributed by atoms with Crippen molar-refractivity contribution in [1.82, 2.24) is 10.3 Å². The molecule has 2 N–H and O–H groups in total. The Kier molecular flexibility index (Phi) is 8.54. The summed E-state index contributed by atoms with van der Waals surface area (Å²) in [6.45, 7) is 5.22. The van der Waals surface area contributed by atoms with Gasteiger partial charge in [-0.25, -0.2) is 9.78 Å². The Hall–Kier alpha value is -2.12. The Morgan fingerprint density at radius 1 is 1.22 bits per heavy atom. The number of hydrogen-bond donors (Lipinski definition) is 2. The third-order valence-corrected chi connectivity index (χ3v) is 4.75. The van der Waals surface area contributed by atoms with Crippen LogP contribution in [0.5, 0.6) is 0 Å². The van der Waals surface area contributed by atoms with Gasteiger partial charge in [-0.05, 0) is 36.5 Å². The van der Waals surface area contributed by atoms with E-state index in [2.05, 4.69) is 29.5 Å². The highest BCUT2D eigenvalue weighted by Gasteiger charge is 2.14. The number of halogens is 1. The number of thiazole rings is 1. The molecule has 0 saturated carbocycles. The summed E-state index contributed by atoms with van der Waals surface area (Å²) in [6.07, 6.45) is 1.70. The lowest BCUT2D eigenvalue weighted by atomic mass is 10.1. The fourth-order valence-corrected chi connectivity index (χ4v) is 3.00. The molecular weight excluding hydrogens is 386 g/mol. The number of hydrogen-bond acceptors (Lipinski definition) is 6. The average molecular weight is 410 g/mol. The fourth-order valence-electron chi connectivity index (χ4n) is 2.17. The van der Waals surface area contributed by atoms with Crippen molar-refractivity contribution in [2.24, 2.45) is 5.92 Å². The summed E-state index contributed by atoms with van der Waals surface area (Å²) in [4.78, 5) is 28.0. The quantitative estimate of drug-likeness (QED) is 0.584. The van der Waals surface area contributed by atoms with Gasteiger partial charge in [-0.3, -0.25) is 4.79 Å². The monoisotopic (exact) mass is 409 g/mol. The number of ether oxygens (including phenoxy) is 1. The maximum absolute atomic E-state index is 12.0. The molecule has 1 aromatic heterocycles.